The van der Waals surface area contributed by atoms with Gasteiger partial charge >= 0.3 is 12.3 Å². The minimum atomic E-state index is -4.95. The van der Waals surface area contributed by atoms with Crippen LogP contribution in [0.25, 0.3) is 0 Å². The van der Waals surface area contributed by atoms with Gasteiger partial charge in [0.25, 0.3) is 6.36 Å². The fourth-order valence-electron chi connectivity index (χ4n) is 0.265. The molecule has 1 unspecified atom stereocenters. The van der Waals surface area contributed by atoms with Crippen molar-refractivity contribution in [2.24, 2.45) is 0 Å². The number of alkyl halides is 6. The zero-order valence-corrected chi connectivity index (χ0v) is 5.04. The van der Waals surface area contributed by atoms with Crippen LogP contribution in [0.15, 0.2) is 0 Å². The lowest BCUT2D eigenvalue weighted by atomic mass is 10.3. The Morgan fingerprint density at radius 1 is 1.18 bits per heavy atom. The van der Waals surface area contributed by atoms with Gasteiger partial charge in [-0.15, -0.1) is 0 Å². The second-order valence-corrected chi connectivity index (χ2v) is 1.57. The summed E-state index contributed by atoms with van der Waals surface area (Å²) in [5.74, 6) is -4.95. The standard InChI is InChI=1S/C4H4F6O/c5-1-11-3(8)4(9,10)2(6)7/h2-3H,1H2. The van der Waals surface area contributed by atoms with Crippen molar-refractivity contribution in [2.45, 2.75) is 18.7 Å². The summed E-state index contributed by atoms with van der Waals surface area (Å²) < 4.78 is 71.5. The number of halogens is 6. The fourth-order valence-corrected chi connectivity index (χ4v) is 0.265. The van der Waals surface area contributed by atoms with Crippen LogP contribution in [0.2, 0.25) is 0 Å². The molecule has 0 spiro atoms. The van der Waals surface area contributed by atoms with Crippen molar-refractivity contribution in [1.82, 2.24) is 0 Å². The molecule has 0 aliphatic rings. The maximum atomic E-state index is 11.7. The largest absolute Gasteiger partial charge is 0.361 e. The van der Waals surface area contributed by atoms with Gasteiger partial charge in [0.1, 0.15) is 0 Å². The Balaban J connectivity index is 4.05. The lowest BCUT2D eigenvalue weighted by molar-refractivity contribution is -0.257. The van der Waals surface area contributed by atoms with Gasteiger partial charge in [0, 0.05) is 0 Å². The first-order chi connectivity index (χ1) is 4.92. The minimum Gasteiger partial charge on any atom is -0.311 e. The molecule has 0 aromatic carbocycles. The maximum absolute atomic E-state index is 11.7. The highest BCUT2D eigenvalue weighted by molar-refractivity contribution is 4.72. The Morgan fingerprint density at radius 2 is 1.64 bits per heavy atom. The van der Waals surface area contributed by atoms with Crippen LogP contribution >= 0.6 is 0 Å². The van der Waals surface area contributed by atoms with Gasteiger partial charge in [0.15, 0.2) is 6.86 Å². The van der Waals surface area contributed by atoms with E-state index in [1.165, 1.54) is 0 Å². The van der Waals surface area contributed by atoms with Gasteiger partial charge in [-0.25, -0.2) is 17.6 Å². The number of rotatable bonds is 4. The molecule has 0 aliphatic heterocycles. The number of hydrogen-bond donors (Lipinski definition) is 0. The molecule has 0 fully saturated rings. The molecule has 0 radical (unpaired) electrons. The molecule has 7 heteroatoms. The average Bonchev–Trinajstić information content (AvgIpc) is 1.88. The molecule has 0 bridgehead atoms. The summed E-state index contributed by atoms with van der Waals surface area (Å²) in [4.78, 5) is 0. The fraction of sp³-hybridized carbons (Fsp3) is 1.00. The molecule has 0 aromatic rings. The summed E-state index contributed by atoms with van der Waals surface area (Å²) in [5.41, 5.74) is 0. The summed E-state index contributed by atoms with van der Waals surface area (Å²) >= 11 is 0. The SMILES string of the molecule is FCOC(F)C(F)(F)C(F)F. The van der Waals surface area contributed by atoms with Crippen LogP contribution in [0.5, 0.6) is 0 Å². The van der Waals surface area contributed by atoms with E-state index in [-0.39, 0.29) is 0 Å². The molecule has 0 heterocycles. The van der Waals surface area contributed by atoms with E-state index in [9.17, 15) is 26.3 Å². The highest BCUT2D eigenvalue weighted by atomic mass is 19.3. The molecule has 1 nitrogen and oxygen atoms in total. The van der Waals surface area contributed by atoms with Crippen LogP contribution in [-0.2, 0) is 4.74 Å². The molecule has 0 saturated heterocycles. The molecule has 11 heavy (non-hydrogen) atoms. The van der Waals surface area contributed by atoms with Crippen molar-refractivity contribution < 1.29 is 31.1 Å². The average molecular weight is 182 g/mol. The molecule has 0 saturated carbocycles. The topological polar surface area (TPSA) is 9.23 Å². The van der Waals surface area contributed by atoms with Crippen LogP contribution in [-0.4, -0.2) is 25.6 Å². The van der Waals surface area contributed by atoms with Crippen LogP contribution in [0.1, 0.15) is 0 Å². The van der Waals surface area contributed by atoms with E-state index in [1.54, 1.807) is 0 Å². The van der Waals surface area contributed by atoms with E-state index >= 15 is 0 Å². The second-order valence-electron chi connectivity index (χ2n) is 1.57. The molecule has 0 N–H and O–H groups in total. The monoisotopic (exact) mass is 182 g/mol. The Labute approximate surface area is 57.9 Å². The van der Waals surface area contributed by atoms with Gasteiger partial charge in [-0.1, -0.05) is 0 Å². The third-order valence-electron chi connectivity index (χ3n) is 0.803. The maximum Gasteiger partial charge on any atom is 0.361 e. The third kappa shape index (κ3) is 2.57. The number of ether oxygens (including phenoxy) is 1. The Kier molecular flexibility index (Phi) is 3.64. The van der Waals surface area contributed by atoms with Crippen molar-refractivity contribution in [3.8, 4) is 0 Å². The lowest BCUT2D eigenvalue weighted by Crippen LogP contribution is -2.39. The minimum absolute atomic E-state index is 1.87. The van der Waals surface area contributed by atoms with Gasteiger partial charge in [-0.3, -0.25) is 0 Å². The van der Waals surface area contributed by atoms with Crippen LogP contribution in [0.3, 0.4) is 0 Å². The molecule has 0 amide bonds. The third-order valence-corrected chi connectivity index (χ3v) is 0.803. The van der Waals surface area contributed by atoms with Crippen molar-refractivity contribution >= 4 is 0 Å². The predicted molar refractivity (Wildman–Crippen MR) is 22.9 cm³/mol. The zero-order valence-electron chi connectivity index (χ0n) is 5.04. The van der Waals surface area contributed by atoms with Gasteiger partial charge in [-0.2, -0.15) is 8.78 Å². The molecule has 0 aromatic heterocycles. The zero-order chi connectivity index (χ0) is 9.07. The first-order valence-electron chi connectivity index (χ1n) is 2.40. The summed E-state index contributed by atoms with van der Waals surface area (Å²) in [6, 6.07) is 0. The van der Waals surface area contributed by atoms with E-state index in [0.717, 1.165) is 0 Å². The molecule has 0 rings (SSSR count). The normalized spacial score (nSPS) is 15.5. The Morgan fingerprint density at radius 3 is 1.91 bits per heavy atom. The summed E-state index contributed by atoms with van der Waals surface area (Å²) in [5, 5.41) is 0. The van der Waals surface area contributed by atoms with E-state index in [2.05, 4.69) is 4.74 Å². The second kappa shape index (κ2) is 3.80. The van der Waals surface area contributed by atoms with E-state index < -0.39 is 25.6 Å². The molecular weight excluding hydrogens is 178 g/mol. The van der Waals surface area contributed by atoms with Gasteiger partial charge in [0.2, 0.25) is 0 Å². The van der Waals surface area contributed by atoms with Crippen LogP contribution < -0.4 is 0 Å². The van der Waals surface area contributed by atoms with Crippen LogP contribution in [0.4, 0.5) is 26.3 Å². The van der Waals surface area contributed by atoms with Crippen molar-refractivity contribution in [1.29, 1.82) is 0 Å². The molecular formula is C4H4F6O. The van der Waals surface area contributed by atoms with Crippen molar-refractivity contribution in [3.05, 3.63) is 0 Å². The van der Waals surface area contributed by atoms with Crippen molar-refractivity contribution in [3.63, 3.8) is 0 Å². The first kappa shape index (κ1) is 10.5. The quantitative estimate of drug-likeness (QED) is 0.605. The van der Waals surface area contributed by atoms with E-state index in [0.29, 0.717) is 0 Å². The van der Waals surface area contributed by atoms with E-state index in [1.807, 2.05) is 0 Å². The molecule has 68 valence electrons. The Bertz CT molecular complexity index is 115. The van der Waals surface area contributed by atoms with Gasteiger partial charge in [0.05, 0.1) is 0 Å². The summed E-state index contributed by atoms with van der Waals surface area (Å²) in [7, 11) is 0. The first-order valence-corrected chi connectivity index (χ1v) is 2.40. The smallest absolute Gasteiger partial charge is 0.311 e. The Hall–Kier alpha value is -0.460. The highest BCUT2D eigenvalue weighted by Crippen LogP contribution is 2.29. The van der Waals surface area contributed by atoms with Crippen LogP contribution in [0, 0.1) is 0 Å². The molecule has 1 atom stereocenters. The summed E-state index contributed by atoms with van der Waals surface area (Å²) in [6.07, 6.45) is -7.81. The highest BCUT2D eigenvalue weighted by Gasteiger charge is 2.50. The van der Waals surface area contributed by atoms with Gasteiger partial charge in [-0.05, 0) is 0 Å². The summed E-state index contributed by atoms with van der Waals surface area (Å²) in [6.45, 7) is -1.87. The number of hydrogen-bond acceptors (Lipinski definition) is 1. The lowest BCUT2D eigenvalue weighted by Gasteiger charge is -2.17. The van der Waals surface area contributed by atoms with Crippen molar-refractivity contribution in [2.75, 3.05) is 6.86 Å². The van der Waals surface area contributed by atoms with Gasteiger partial charge < -0.3 is 4.74 Å². The predicted octanol–water partition coefficient (Wildman–Crippen LogP) is 2.13. The molecule has 0 aliphatic carbocycles. The van der Waals surface area contributed by atoms with E-state index in [4.69, 9.17) is 0 Å².